The van der Waals surface area contributed by atoms with Gasteiger partial charge in [-0.25, -0.2) is 87.8 Å². The molecule has 0 amide bonds. The molecule has 5 aromatic carbocycles. The molecule has 1 nitrogen and oxygen atoms in total. The van der Waals surface area contributed by atoms with Gasteiger partial charge in [0.15, 0.2) is 69.8 Å². The molecule has 23 heteroatoms. The second-order valence-electron chi connectivity index (χ2n) is 12.7. The van der Waals surface area contributed by atoms with Gasteiger partial charge < -0.3 is 4.74 Å². The molecular formula is C36H19BF20OS. The Morgan fingerprint density at radius 3 is 0.763 bits per heavy atom. The van der Waals surface area contributed by atoms with Crippen LogP contribution in [0.2, 0.25) is 0 Å². The molecule has 0 heterocycles. The Kier molecular flexibility index (Phi) is 13.6. The van der Waals surface area contributed by atoms with Gasteiger partial charge in [-0.3, -0.25) is 0 Å². The van der Waals surface area contributed by atoms with Crippen molar-refractivity contribution < 1.29 is 92.5 Å². The number of halogens is 20. The van der Waals surface area contributed by atoms with Crippen LogP contribution in [0.1, 0.15) is 19.4 Å². The highest BCUT2D eigenvalue weighted by Gasteiger charge is 2.52. The van der Waals surface area contributed by atoms with Crippen molar-refractivity contribution in [2.45, 2.75) is 25.7 Å². The molecule has 0 N–H and O–H groups in total. The van der Waals surface area contributed by atoms with Crippen molar-refractivity contribution in [1.82, 2.24) is 0 Å². The Bertz CT molecular complexity index is 2050. The molecular weight excluding hydrogens is 871 g/mol. The van der Waals surface area contributed by atoms with Crippen molar-refractivity contribution in [3.63, 3.8) is 0 Å². The first-order valence-corrected chi connectivity index (χ1v) is 18.0. The summed E-state index contributed by atoms with van der Waals surface area (Å²) in [7, 11) is 0.475. The lowest BCUT2D eigenvalue weighted by molar-refractivity contribution is 0.242. The number of rotatable bonds is 8. The third-order valence-electron chi connectivity index (χ3n) is 8.46. The van der Waals surface area contributed by atoms with Crippen LogP contribution in [-0.2, 0) is 16.6 Å². The van der Waals surface area contributed by atoms with Crippen molar-refractivity contribution in [3.05, 3.63) is 146 Å². The first kappa shape index (κ1) is 46.6. The fourth-order valence-corrected chi connectivity index (χ4v) is 7.00. The van der Waals surface area contributed by atoms with Crippen molar-refractivity contribution in [2.75, 3.05) is 12.5 Å². The van der Waals surface area contributed by atoms with Crippen LogP contribution in [0.5, 0.6) is 5.75 Å². The van der Waals surface area contributed by atoms with Crippen LogP contribution in [-0.4, -0.2) is 24.8 Å². The van der Waals surface area contributed by atoms with E-state index in [0.29, 0.717) is 10.9 Å². The Morgan fingerprint density at radius 2 is 0.576 bits per heavy atom. The van der Waals surface area contributed by atoms with Gasteiger partial charge in [-0.2, -0.15) is 0 Å². The minimum Gasteiger partial charge on any atom is -0.491 e. The number of ether oxygens (including phenoxy) is 1. The van der Waals surface area contributed by atoms with E-state index in [4.69, 9.17) is 4.74 Å². The first-order valence-electron chi connectivity index (χ1n) is 15.8. The van der Waals surface area contributed by atoms with Crippen LogP contribution in [0, 0.1) is 116 Å². The van der Waals surface area contributed by atoms with Crippen molar-refractivity contribution in [2.24, 2.45) is 0 Å². The van der Waals surface area contributed by atoms with E-state index < -0.39 is 144 Å². The van der Waals surface area contributed by atoms with Gasteiger partial charge in [0, 0.05) is 5.56 Å². The lowest BCUT2D eigenvalue weighted by Gasteiger charge is -2.44. The maximum atomic E-state index is 15.4. The van der Waals surface area contributed by atoms with Crippen LogP contribution in [0.3, 0.4) is 0 Å². The van der Waals surface area contributed by atoms with E-state index in [0.717, 1.165) is 5.75 Å². The summed E-state index contributed by atoms with van der Waals surface area (Å²) in [4.78, 5) is 0. The molecule has 0 bridgehead atoms. The van der Waals surface area contributed by atoms with Gasteiger partial charge in [-0.1, -0.05) is 12.1 Å². The smallest absolute Gasteiger partial charge is 0.200 e. The summed E-state index contributed by atoms with van der Waals surface area (Å²) in [6.07, 6.45) is -2.43. The molecule has 0 fully saturated rings. The third-order valence-corrected chi connectivity index (χ3v) is 9.37. The standard InChI is InChI=1S/C24BF20.C12H19OS/c26-5-1(6(27)14(35)21(42)13(5)34)25(2-7(28)15(36)22(43)16(37)8(2)29,3-9(30)17(38)23(44)18(39)10(3)31)4-11(32)19(40)24(45)20(41)12(4)33;1-10(2)13-12-7-5-11(6-8-12)9-14(3)4/h;5-8,10H,9H2,1-4H3/q-1;+1. The summed E-state index contributed by atoms with van der Waals surface area (Å²) in [5.74, 6) is -69.3. The molecule has 0 aliphatic heterocycles. The summed E-state index contributed by atoms with van der Waals surface area (Å²) < 4.78 is 300. The molecule has 0 unspecified atom stereocenters. The van der Waals surface area contributed by atoms with Crippen LogP contribution in [0.25, 0.3) is 0 Å². The molecule has 0 atom stereocenters. The van der Waals surface area contributed by atoms with Crippen molar-refractivity contribution >= 4 is 38.9 Å². The van der Waals surface area contributed by atoms with E-state index >= 15 is 35.1 Å². The summed E-state index contributed by atoms with van der Waals surface area (Å²) >= 11 is 0. The van der Waals surface area contributed by atoms with Crippen LogP contribution in [0.4, 0.5) is 87.8 Å². The largest absolute Gasteiger partial charge is 0.491 e. The molecule has 5 aromatic rings. The lowest BCUT2D eigenvalue weighted by Crippen LogP contribution is -2.81. The quantitative estimate of drug-likeness (QED) is 0.0499. The van der Waals surface area contributed by atoms with Gasteiger partial charge in [-0.15, -0.1) is 21.9 Å². The molecule has 0 aliphatic rings. The maximum absolute atomic E-state index is 15.4. The van der Waals surface area contributed by atoms with Crippen LogP contribution >= 0.6 is 0 Å². The second-order valence-corrected chi connectivity index (χ2v) is 15.0. The number of benzene rings is 5. The maximum Gasteiger partial charge on any atom is 0.200 e. The highest BCUT2D eigenvalue weighted by molar-refractivity contribution is 7.94. The zero-order valence-electron chi connectivity index (χ0n) is 29.5. The van der Waals surface area contributed by atoms with Crippen molar-refractivity contribution in [3.8, 4) is 5.75 Å². The van der Waals surface area contributed by atoms with Gasteiger partial charge in [0.2, 0.25) is 0 Å². The fraction of sp³-hybridized carbons (Fsp3) is 0.167. The number of hydrogen-bond donors (Lipinski definition) is 0. The average molecular weight is 890 g/mol. The Labute approximate surface area is 321 Å². The van der Waals surface area contributed by atoms with E-state index in [9.17, 15) is 52.7 Å². The second kappa shape index (κ2) is 17.3. The summed E-state index contributed by atoms with van der Waals surface area (Å²) in [6, 6.07) is 8.43. The Balaban J connectivity index is 0.000000464. The molecule has 0 aliphatic carbocycles. The highest BCUT2D eigenvalue weighted by Crippen LogP contribution is 2.31. The third kappa shape index (κ3) is 7.76. The molecule has 5 rings (SSSR count). The monoisotopic (exact) mass is 890 g/mol. The first-order chi connectivity index (χ1) is 27.3. The molecule has 0 aromatic heterocycles. The van der Waals surface area contributed by atoms with E-state index in [1.807, 2.05) is 13.8 Å². The predicted octanol–water partition coefficient (Wildman–Crippen LogP) is 8.70. The lowest BCUT2D eigenvalue weighted by atomic mass is 9.12. The van der Waals surface area contributed by atoms with Gasteiger partial charge in [-0.05, 0) is 36.9 Å². The minimum atomic E-state index is -7.22. The van der Waals surface area contributed by atoms with Crippen LogP contribution in [0.15, 0.2) is 24.3 Å². The van der Waals surface area contributed by atoms with Crippen molar-refractivity contribution in [1.29, 1.82) is 0 Å². The van der Waals surface area contributed by atoms with E-state index in [1.54, 1.807) is 0 Å². The van der Waals surface area contributed by atoms with E-state index in [-0.39, 0.29) is 6.10 Å². The van der Waals surface area contributed by atoms with E-state index in [2.05, 4.69) is 36.8 Å². The number of hydrogen-bond acceptors (Lipinski definition) is 1. The summed E-state index contributed by atoms with van der Waals surface area (Å²) in [5, 5.41) is 0. The highest BCUT2D eigenvalue weighted by atomic mass is 32.2. The fourth-order valence-electron chi connectivity index (χ4n) is 6.14. The molecule has 0 spiro atoms. The average Bonchev–Trinajstić information content (AvgIpc) is 3.18. The molecule has 318 valence electrons. The zero-order valence-corrected chi connectivity index (χ0v) is 30.4. The summed E-state index contributed by atoms with van der Waals surface area (Å²) in [6.45, 7) is 4.09. The zero-order chi connectivity index (χ0) is 44.9. The summed E-state index contributed by atoms with van der Waals surface area (Å²) in [5.41, 5.74) is -12.9. The topological polar surface area (TPSA) is 9.23 Å². The molecule has 0 saturated carbocycles. The minimum absolute atomic E-state index is 0.257. The SMILES string of the molecule is CC(C)Oc1ccc(C[S+](C)C)cc1.Fc1c(F)c(F)c([B-](c2c(F)c(F)c(F)c(F)c2F)(c2c(F)c(F)c(F)c(F)c2F)c2c(F)c(F)c(F)c(F)c2F)c(F)c1F. The van der Waals surface area contributed by atoms with Crippen LogP contribution < -0.4 is 26.6 Å². The molecule has 0 saturated heterocycles. The van der Waals surface area contributed by atoms with Gasteiger partial charge >= 0.3 is 0 Å². The Morgan fingerprint density at radius 1 is 0.373 bits per heavy atom. The van der Waals surface area contributed by atoms with Gasteiger partial charge in [0.1, 0.15) is 64.2 Å². The molecule has 0 radical (unpaired) electrons. The van der Waals surface area contributed by atoms with E-state index in [1.165, 1.54) is 11.3 Å². The van der Waals surface area contributed by atoms with Gasteiger partial charge in [0.25, 0.3) is 0 Å². The normalized spacial score (nSPS) is 11.8. The Hall–Kier alpha value is -5.09. The van der Waals surface area contributed by atoms with Gasteiger partial charge in [0.05, 0.1) is 18.6 Å². The molecule has 59 heavy (non-hydrogen) atoms. The predicted molar refractivity (Wildman–Crippen MR) is 174 cm³/mol.